The molecule has 1 atom stereocenters. The predicted molar refractivity (Wildman–Crippen MR) is 105 cm³/mol. The third kappa shape index (κ3) is 3.87. The van der Waals surface area contributed by atoms with E-state index in [2.05, 4.69) is 28.5 Å². The lowest BCUT2D eigenvalue weighted by Gasteiger charge is -2.24. The molecule has 0 radical (unpaired) electrons. The highest BCUT2D eigenvalue weighted by Gasteiger charge is 2.27. The standard InChI is InChI=1S/C21H25N3O2/c1-14-7-6-9-18(16(14)3)23-20(25)12-22-21(26)13-24-15(2)11-17-8-4-5-10-19(17)24/h4-10,15H,11-13H2,1-3H3,(H,22,26)(H,23,25)/t15-/m0/s1. The Labute approximate surface area is 154 Å². The Hall–Kier alpha value is -2.82. The molecule has 1 aliphatic heterocycles. The highest BCUT2D eigenvalue weighted by atomic mass is 16.2. The van der Waals surface area contributed by atoms with E-state index in [0.717, 1.165) is 28.9 Å². The summed E-state index contributed by atoms with van der Waals surface area (Å²) in [4.78, 5) is 26.5. The lowest BCUT2D eigenvalue weighted by atomic mass is 10.1. The minimum Gasteiger partial charge on any atom is -0.359 e. The summed E-state index contributed by atoms with van der Waals surface area (Å²) in [6.07, 6.45) is 0.941. The van der Waals surface area contributed by atoms with Crippen molar-refractivity contribution < 1.29 is 9.59 Å². The summed E-state index contributed by atoms with van der Waals surface area (Å²) < 4.78 is 0. The van der Waals surface area contributed by atoms with Crippen molar-refractivity contribution in [2.24, 2.45) is 0 Å². The van der Waals surface area contributed by atoms with Crippen LogP contribution in [0.15, 0.2) is 42.5 Å². The number of para-hydroxylation sites is 1. The van der Waals surface area contributed by atoms with Crippen LogP contribution in [0.2, 0.25) is 0 Å². The van der Waals surface area contributed by atoms with Crippen molar-refractivity contribution in [2.45, 2.75) is 33.2 Å². The maximum absolute atomic E-state index is 12.3. The summed E-state index contributed by atoms with van der Waals surface area (Å²) in [5, 5.41) is 5.58. The molecule has 0 spiro atoms. The Morgan fingerprint density at radius 1 is 1.08 bits per heavy atom. The van der Waals surface area contributed by atoms with E-state index >= 15 is 0 Å². The number of nitrogens with zero attached hydrogens (tertiary/aromatic N) is 1. The molecule has 2 aromatic carbocycles. The maximum Gasteiger partial charge on any atom is 0.243 e. The minimum absolute atomic E-state index is 0.0317. The summed E-state index contributed by atoms with van der Waals surface area (Å²) in [6, 6.07) is 14.2. The summed E-state index contributed by atoms with van der Waals surface area (Å²) in [5.74, 6) is -0.369. The number of hydrogen-bond donors (Lipinski definition) is 2. The van der Waals surface area contributed by atoms with Crippen LogP contribution in [-0.2, 0) is 16.0 Å². The van der Waals surface area contributed by atoms with Gasteiger partial charge in [0, 0.05) is 17.4 Å². The topological polar surface area (TPSA) is 61.4 Å². The van der Waals surface area contributed by atoms with Gasteiger partial charge in [0.15, 0.2) is 0 Å². The molecule has 2 aromatic rings. The fourth-order valence-electron chi connectivity index (χ4n) is 3.34. The average Bonchev–Trinajstić information content (AvgIpc) is 2.93. The smallest absolute Gasteiger partial charge is 0.243 e. The first-order valence-corrected chi connectivity index (χ1v) is 8.93. The van der Waals surface area contributed by atoms with Gasteiger partial charge >= 0.3 is 0 Å². The van der Waals surface area contributed by atoms with Gasteiger partial charge in [-0.3, -0.25) is 9.59 Å². The third-order valence-corrected chi connectivity index (χ3v) is 4.99. The van der Waals surface area contributed by atoms with Crippen LogP contribution in [0.3, 0.4) is 0 Å². The molecular weight excluding hydrogens is 326 g/mol. The van der Waals surface area contributed by atoms with Gasteiger partial charge in [-0.15, -0.1) is 0 Å². The predicted octanol–water partition coefficient (Wildman–Crippen LogP) is 2.81. The molecule has 0 fully saturated rings. The largest absolute Gasteiger partial charge is 0.359 e. The molecule has 2 N–H and O–H groups in total. The molecule has 5 heteroatoms. The number of amides is 2. The van der Waals surface area contributed by atoms with E-state index in [1.807, 2.05) is 50.2 Å². The summed E-state index contributed by atoms with van der Waals surface area (Å²) in [5.41, 5.74) is 5.31. The van der Waals surface area contributed by atoms with Crippen LogP contribution in [0.25, 0.3) is 0 Å². The van der Waals surface area contributed by atoms with Gasteiger partial charge in [-0.1, -0.05) is 30.3 Å². The van der Waals surface area contributed by atoms with E-state index in [1.165, 1.54) is 5.56 Å². The van der Waals surface area contributed by atoms with Gasteiger partial charge in [-0.05, 0) is 56.0 Å². The molecule has 0 saturated carbocycles. The molecule has 0 bridgehead atoms. The number of benzene rings is 2. The molecule has 26 heavy (non-hydrogen) atoms. The second kappa shape index (κ2) is 7.60. The summed E-state index contributed by atoms with van der Waals surface area (Å²) in [6.45, 7) is 6.31. The van der Waals surface area contributed by atoms with Gasteiger partial charge in [0.2, 0.25) is 11.8 Å². The number of carbonyl (C=O) groups is 2. The molecule has 0 saturated heterocycles. The second-order valence-corrected chi connectivity index (χ2v) is 6.88. The van der Waals surface area contributed by atoms with Gasteiger partial charge in [0.05, 0.1) is 13.1 Å². The van der Waals surface area contributed by atoms with Crippen molar-refractivity contribution in [1.82, 2.24) is 5.32 Å². The minimum atomic E-state index is -0.220. The van der Waals surface area contributed by atoms with Crippen molar-refractivity contribution >= 4 is 23.2 Å². The number of aryl methyl sites for hydroxylation is 1. The molecule has 0 aromatic heterocycles. The summed E-state index contributed by atoms with van der Waals surface area (Å²) in [7, 11) is 0. The van der Waals surface area contributed by atoms with E-state index < -0.39 is 0 Å². The second-order valence-electron chi connectivity index (χ2n) is 6.88. The van der Waals surface area contributed by atoms with E-state index in [-0.39, 0.29) is 30.9 Å². The molecule has 3 rings (SSSR count). The van der Waals surface area contributed by atoms with Crippen LogP contribution in [0.4, 0.5) is 11.4 Å². The van der Waals surface area contributed by atoms with Gasteiger partial charge < -0.3 is 15.5 Å². The normalized spacial score (nSPS) is 15.5. The van der Waals surface area contributed by atoms with Crippen LogP contribution in [0.1, 0.15) is 23.6 Å². The molecule has 0 unspecified atom stereocenters. The zero-order valence-electron chi connectivity index (χ0n) is 15.5. The lowest BCUT2D eigenvalue weighted by Crippen LogP contribution is -2.42. The van der Waals surface area contributed by atoms with E-state index in [1.54, 1.807) is 0 Å². The first-order valence-electron chi connectivity index (χ1n) is 8.93. The van der Waals surface area contributed by atoms with Gasteiger partial charge in [0.1, 0.15) is 0 Å². The van der Waals surface area contributed by atoms with Crippen molar-refractivity contribution in [3.63, 3.8) is 0 Å². The first-order chi connectivity index (χ1) is 12.5. The van der Waals surface area contributed by atoms with Crippen LogP contribution >= 0.6 is 0 Å². The Morgan fingerprint density at radius 2 is 1.85 bits per heavy atom. The first kappa shape index (κ1) is 18.0. The highest BCUT2D eigenvalue weighted by Crippen LogP contribution is 2.31. The zero-order chi connectivity index (χ0) is 18.7. The van der Waals surface area contributed by atoms with E-state index in [4.69, 9.17) is 0 Å². The number of fused-ring (bicyclic) bond motifs is 1. The highest BCUT2D eigenvalue weighted by molar-refractivity contribution is 5.95. The van der Waals surface area contributed by atoms with Gasteiger partial charge in [-0.2, -0.15) is 0 Å². The fraction of sp³-hybridized carbons (Fsp3) is 0.333. The Kier molecular flexibility index (Phi) is 5.26. The Balaban J connectivity index is 1.53. The van der Waals surface area contributed by atoms with Crippen LogP contribution in [0.5, 0.6) is 0 Å². The third-order valence-electron chi connectivity index (χ3n) is 4.99. The van der Waals surface area contributed by atoms with E-state index in [9.17, 15) is 9.59 Å². The number of rotatable bonds is 5. The summed E-state index contributed by atoms with van der Waals surface area (Å²) >= 11 is 0. The van der Waals surface area contributed by atoms with Gasteiger partial charge in [0.25, 0.3) is 0 Å². The van der Waals surface area contributed by atoms with Crippen molar-refractivity contribution in [1.29, 1.82) is 0 Å². The van der Waals surface area contributed by atoms with Crippen molar-refractivity contribution in [2.75, 3.05) is 23.3 Å². The molecule has 2 amide bonds. The number of nitrogens with one attached hydrogen (secondary N) is 2. The number of hydrogen-bond acceptors (Lipinski definition) is 3. The van der Waals surface area contributed by atoms with Crippen LogP contribution < -0.4 is 15.5 Å². The monoisotopic (exact) mass is 351 g/mol. The Bertz CT molecular complexity index is 832. The van der Waals surface area contributed by atoms with E-state index in [0.29, 0.717) is 0 Å². The molecular formula is C21H25N3O2. The quantitative estimate of drug-likeness (QED) is 0.871. The van der Waals surface area contributed by atoms with Crippen LogP contribution in [-0.4, -0.2) is 30.9 Å². The molecule has 0 aliphatic carbocycles. The molecule has 136 valence electrons. The van der Waals surface area contributed by atoms with Gasteiger partial charge in [-0.25, -0.2) is 0 Å². The Morgan fingerprint density at radius 3 is 2.65 bits per heavy atom. The van der Waals surface area contributed by atoms with Crippen molar-refractivity contribution in [3.8, 4) is 0 Å². The molecule has 1 heterocycles. The fourth-order valence-corrected chi connectivity index (χ4v) is 3.34. The molecule has 5 nitrogen and oxygen atoms in total. The lowest BCUT2D eigenvalue weighted by molar-refractivity contribution is -0.123. The van der Waals surface area contributed by atoms with Crippen molar-refractivity contribution in [3.05, 3.63) is 59.2 Å². The van der Waals surface area contributed by atoms with Crippen LogP contribution in [0, 0.1) is 13.8 Å². The zero-order valence-corrected chi connectivity index (χ0v) is 15.5. The maximum atomic E-state index is 12.3. The number of carbonyl (C=O) groups excluding carboxylic acids is 2. The number of anilines is 2. The average molecular weight is 351 g/mol. The SMILES string of the molecule is Cc1cccc(NC(=O)CNC(=O)CN2c3ccccc3C[C@@H]2C)c1C. The molecule has 1 aliphatic rings.